The number of nitrogens with one attached hydrogen (secondary N) is 1. The van der Waals surface area contributed by atoms with Crippen LogP contribution in [0.5, 0.6) is 0 Å². The van der Waals surface area contributed by atoms with Crippen molar-refractivity contribution in [2.24, 2.45) is 0 Å². The fourth-order valence-corrected chi connectivity index (χ4v) is 2.61. The molecule has 0 saturated carbocycles. The van der Waals surface area contributed by atoms with Gasteiger partial charge in [0, 0.05) is 23.5 Å². The van der Waals surface area contributed by atoms with Crippen LogP contribution in [0.1, 0.15) is 36.1 Å². The van der Waals surface area contributed by atoms with E-state index >= 15 is 0 Å². The SMILES string of the molecule is CCC(C(=N)c1ccc(C#Cc2ccccc2)cc1)n1ccnc1. The number of nitrogens with zero attached hydrogens (tertiary/aromatic N) is 2. The van der Waals surface area contributed by atoms with Gasteiger partial charge in [-0.05, 0) is 36.2 Å². The Kier molecular flexibility index (Phi) is 4.88. The molecule has 0 amide bonds. The van der Waals surface area contributed by atoms with Crippen molar-refractivity contribution in [2.75, 3.05) is 0 Å². The van der Waals surface area contributed by atoms with Gasteiger partial charge in [-0.1, -0.05) is 49.1 Å². The topological polar surface area (TPSA) is 41.7 Å². The minimum atomic E-state index is 0.00810. The molecule has 0 aliphatic heterocycles. The van der Waals surface area contributed by atoms with Crippen molar-refractivity contribution in [1.29, 1.82) is 5.41 Å². The van der Waals surface area contributed by atoms with Crippen molar-refractivity contribution >= 4 is 5.71 Å². The van der Waals surface area contributed by atoms with Crippen LogP contribution >= 0.6 is 0 Å². The first-order chi connectivity index (χ1) is 11.8. The molecule has 1 unspecified atom stereocenters. The van der Waals surface area contributed by atoms with Crippen LogP contribution in [-0.4, -0.2) is 15.3 Å². The Morgan fingerprint density at radius 2 is 1.71 bits per heavy atom. The molecule has 0 radical (unpaired) electrons. The summed E-state index contributed by atoms with van der Waals surface area (Å²) in [7, 11) is 0. The minimum Gasteiger partial charge on any atom is -0.328 e. The summed E-state index contributed by atoms with van der Waals surface area (Å²) in [6.07, 6.45) is 6.27. The van der Waals surface area contributed by atoms with E-state index in [1.807, 2.05) is 65.4 Å². The maximum Gasteiger partial charge on any atom is 0.0952 e. The zero-order chi connectivity index (χ0) is 16.8. The van der Waals surface area contributed by atoms with Crippen LogP contribution in [0.2, 0.25) is 0 Å². The molecule has 0 aliphatic rings. The Morgan fingerprint density at radius 1 is 1.04 bits per heavy atom. The highest BCUT2D eigenvalue weighted by Gasteiger charge is 2.15. The first kappa shape index (κ1) is 15.8. The molecule has 24 heavy (non-hydrogen) atoms. The Bertz CT molecular complexity index is 851. The molecule has 1 atom stereocenters. The van der Waals surface area contributed by atoms with Crippen LogP contribution in [0.3, 0.4) is 0 Å². The van der Waals surface area contributed by atoms with Gasteiger partial charge in [0.25, 0.3) is 0 Å². The lowest BCUT2D eigenvalue weighted by Gasteiger charge is -2.18. The molecule has 3 nitrogen and oxygen atoms in total. The van der Waals surface area contributed by atoms with Crippen LogP contribution in [0.4, 0.5) is 0 Å². The van der Waals surface area contributed by atoms with Crippen molar-refractivity contribution in [2.45, 2.75) is 19.4 Å². The van der Waals surface area contributed by atoms with Crippen LogP contribution in [0, 0.1) is 17.3 Å². The molecule has 0 spiro atoms. The van der Waals surface area contributed by atoms with Gasteiger partial charge in [0.1, 0.15) is 0 Å². The standard InChI is InChI=1S/C21H19N3/c1-2-20(24-15-14-23-16-24)21(22)19-12-10-18(11-13-19)9-8-17-6-4-3-5-7-17/h3-7,10-16,20,22H,2H2,1H3. The first-order valence-electron chi connectivity index (χ1n) is 8.01. The molecule has 118 valence electrons. The molecule has 3 rings (SSSR count). The summed E-state index contributed by atoms with van der Waals surface area (Å²) in [5.41, 5.74) is 3.46. The second kappa shape index (κ2) is 7.43. The first-order valence-corrected chi connectivity index (χ1v) is 8.01. The lowest BCUT2D eigenvalue weighted by molar-refractivity contribution is 0.615. The Hall–Kier alpha value is -3.12. The predicted octanol–water partition coefficient (Wildman–Crippen LogP) is 4.30. The van der Waals surface area contributed by atoms with E-state index in [2.05, 4.69) is 23.7 Å². The lowest BCUT2D eigenvalue weighted by atomic mass is 10.00. The fourth-order valence-electron chi connectivity index (χ4n) is 2.61. The normalized spacial score (nSPS) is 11.4. The maximum absolute atomic E-state index is 8.49. The Balaban J connectivity index is 1.77. The summed E-state index contributed by atoms with van der Waals surface area (Å²) in [6.45, 7) is 2.08. The summed E-state index contributed by atoms with van der Waals surface area (Å²) < 4.78 is 1.98. The van der Waals surface area contributed by atoms with E-state index in [1.54, 1.807) is 12.5 Å². The van der Waals surface area contributed by atoms with Gasteiger partial charge in [-0.3, -0.25) is 0 Å². The zero-order valence-corrected chi connectivity index (χ0v) is 13.6. The Morgan fingerprint density at radius 3 is 2.29 bits per heavy atom. The van der Waals surface area contributed by atoms with E-state index in [9.17, 15) is 0 Å². The molecule has 0 saturated heterocycles. The van der Waals surface area contributed by atoms with Crippen molar-refractivity contribution in [3.63, 3.8) is 0 Å². The molecular formula is C21H19N3. The van der Waals surface area contributed by atoms with E-state index in [-0.39, 0.29) is 6.04 Å². The third-order valence-corrected chi connectivity index (χ3v) is 3.93. The summed E-state index contributed by atoms with van der Waals surface area (Å²) in [6, 6.07) is 17.8. The number of hydrogen-bond donors (Lipinski definition) is 1. The van der Waals surface area contributed by atoms with Gasteiger partial charge in [0.05, 0.1) is 18.1 Å². The average molecular weight is 313 g/mol. The van der Waals surface area contributed by atoms with E-state index < -0.39 is 0 Å². The van der Waals surface area contributed by atoms with Crippen LogP contribution in [0.25, 0.3) is 0 Å². The second-order valence-corrected chi connectivity index (χ2v) is 5.54. The summed E-state index contributed by atoms with van der Waals surface area (Å²) in [5, 5.41) is 8.49. The van der Waals surface area contributed by atoms with Gasteiger partial charge in [0.2, 0.25) is 0 Å². The number of aromatic nitrogens is 2. The number of hydrogen-bond acceptors (Lipinski definition) is 2. The van der Waals surface area contributed by atoms with Crippen molar-refractivity contribution in [3.8, 4) is 11.8 Å². The molecule has 0 fully saturated rings. The predicted molar refractivity (Wildman–Crippen MR) is 97.2 cm³/mol. The smallest absolute Gasteiger partial charge is 0.0952 e. The molecule has 1 N–H and O–H groups in total. The van der Waals surface area contributed by atoms with E-state index in [0.717, 1.165) is 23.1 Å². The van der Waals surface area contributed by atoms with E-state index in [1.165, 1.54) is 0 Å². The fraction of sp³-hybridized carbons (Fsp3) is 0.143. The van der Waals surface area contributed by atoms with Gasteiger partial charge in [-0.25, -0.2) is 4.98 Å². The van der Waals surface area contributed by atoms with Crippen molar-refractivity contribution in [1.82, 2.24) is 9.55 Å². The van der Waals surface area contributed by atoms with E-state index in [0.29, 0.717) is 5.71 Å². The Labute approximate surface area is 142 Å². The van der Waals surface area contributed by atoms with Crippen molar-refractivity contribution in [3.05, 3.63) is 90.0 Å². The third-order valence-electron chi connectivity index (χ3n) is 3.93. The van der Waals surface area contributed by atoms with Crippen molar-refractivity contribution < 1.29 is 0 Å². The summed E-state index contributed by atoms with van der Waals surface area (Å²) in [4.78, 5) is 4.08. The third kappa shape index (κ3) is 3.61. The van der Waals surface area contributed by atoms with Gasteiger partial charge in [-0.2, -0.15) is 0 Å². The van der Waals surface area contributed by atoms with Gasteiger partial charge in [0.15, 0.2) is 0 Å². The molecule has 3 heteroatoms. The number of benzene rings is 2. The minimum absolute atomic E-state index is 0.00810. The van der Waals surface area contributed by atoms with E-state index in [4.69, 9.17) is 5.41 Å². The number of imidazole rings is 1. The second-order valence-electron chi connectivity index (χ2n) is 5.54. The molecule has 2 aromatic carbocycles. The summed E-state index contributed by atoms with van der Waals surface area (Å²) >= 11 is 0. The van der Waals surface area contributed by atoms with Crippen LogP contribution < -0.4 is 0 Å². The lowest BCUT2D eigenvalue weighted by Crippen LogP contribution is -2.18. The largest absolute Gasteiger partial charge is 0.328 e. The van der Waals surface area contributed by atoms with Gasteiger partial charge < -0.3 is 9.98 Å². The van der Waals surface area contributed by atoms with Gasteiger partial charge >= 0.3 is 0 Å². The van der Waals surface area contributed by atoms with Crippen LogP contribution in [0.15, 0.2) is 73.3 Å². The monoisotopic (exact) mass is 313 g/mol. The maximum atomic E-state index is 8.49. The quantitative estimate of drug-likeness (QED) is 0.566. The molecule has 3 aromatic rings. The molecule has 0 aliphatic carbocycles. The number of rotatable bonds is 4. The molecule has 0 bridgehead atoms. The highest BCUT2D eigenvalue weighted by atomic mass is 15.1. The van der Waals surface area contributed by atoms with Crippen LogP contribution in [-0.2, 0) is 0 Å². The zero-order valence-electron chi connectivity index (χ0n) is 13.6. The average Bonchev–Trinajstić information content (AvgIpc) is 3.16. The molecule has 1 heterocycles. The highest BCUT2D eigenvalue weighted by Crippen LogP contribution is 2.18. The summed E-state index contributed by atoms with van der Waals surface area (Å²) in [5.74, 6) is 6.31. The molecular weight excluding hydrogens is 294 g/mol. The highest BCUT2D eigenvalue weighted by molar-refractivity contribution is 6.01. The van der Waals surface area contributed by atoms with Gasteiger partial charge in [-0.15, -0.1) is 0 Å². The molecule has 1 aromatic heterocycles.